The Morgan fingerprint density at radius 1 is 1.05 bits per heavy atom. The van der Waals surface area contributed by atoms with E-state index in [1.54, 1.807) is 6.08 Å². The Bertz CT molecular complexity index is 580. The number of halogens is 2. The molecule has 0 radical (unpaired) electrons. The van der Waals surface area contributed by atoms with E-state index in [1.165, 1.54) is 0 Å². The standard InChI is InChI=1S/C16H15ClN2.ClH/c17-15-9-5-4-8-14(15)10-11-16(18)19-12-13-6-2-1-3-7-13;/h1-11H,12H2,(H2,18,19);1H/b11-10+;. The highest BCUT2D eigenvalue weighted by molar-refractivity contribution is 6.32. The minimum absolute atomic E-state index is 0. The van der Waals surface area contributed by atoms with Gasteiger partial charge in [-0.1, -0.05) is 60.1 Å². The third-order valence-electron chi connectivity index (χ3n) is 2.66. The Morgan fingerprint density at radius 2 is 1.70 bits per heavy atom. The molecule has 0 aliphatic heterocycles. The average Bonchev–Trinajstić information content (AvgIpc) is 2.45. The third kappa shape index (κ3) is 5.08. The van der Waals surface area contributed by atoms with Crippen LogP contribution < -0.4 is 5.32 Å². The van der Waals surface area contributed by atoms with Crippen molar-refractivity contribution in [1.82, 2.24) is 5.32 Å². The molecule has 0 saturated heterocycles. The van der Waals surface area contributed by atoms with Crippen LogP contribution in [0.25, 0.3) is 6.08 Å². The summed E-state index contributed by atoms with van der Waals surface area (Å²) in [6, 6.07) is 17.6. The van der Waals surface area contributed by atoms with Gasteiger partial charge in [-0.15, -0.1) is 12.4 Å². The summed E-state index contributed by atoms with van der Waals surface area (Å²) >= 11 is 6.04. The van der Waals surface area contributed by atoms with Gasteiger partial charge in [-0.2, -0.15) is 0 Å². The van der Waals surface area contributed by atoms with Crippen LogP contribution in [0.4, 0.5) is 0 Å². The molecule has 2 nitrogen and oxygen atoms in total. The van der Waals surface area contributed by atoms with Gasteiger partial charge in [0.05, 0.1) is 0 Å². The highest BCUT2D eigenvalue weighted by atomic mass is 35.5. The molecule has 0 amide bonds. The molecule has 0 heterocycles. The molecule has 2 N–H and O–H groups in total. The van der Waals surface area contributed by atoms with Gasteiger partial charge in [0, 0.05) is 11.6 Å². The van der Waals surface area contributed by atoms with Gasteiger partial charge >= 0.3 is 0 Å². The van der Waals surface area contributed by atoms with Crippen LogP contribution in [0, 0.1) is 5.41 Å². The molecule has 0 aliphatic carbocycles. The fraction of sp³-hybridized carbons (Fsp3) is 0.0625. The molecular weight excluding hydrogens is 291 g/mol. The number of benzene rings is 2. The largest absolute Gasteiger partial charge is 0.366 e. The van der Waals surface area contributed by atoms with E-state index in [2.05, 4.69) is 5.32 Å². The molecule has 0 aliphatic rings. The molecule has 4 heteroatoms. The summed E-state index contributed by atoms with van der Waals surface area (Å²) in [7, 11) is 0. The van der Waals surface area contributed by atoms with Gasteiger partial charge in [-0.25, -0.2) is 0 Å². The second-order valence-electron chi connectivity index (χ2n) is 4.11. The van der Waals surface area contributed by atoms with Gasteiger partial charge in [0.25, 0.3) is 0 Å². The van der Waals surface area contributed by atoms with Gasteiger partial charge < -0.3 is 5.32 Å². The van der Waals surface area contributed by atoms with Crippen LogP contribution in [-0.2, 0) is 6.54 Å². The van der Waals surface area contributed by atoms with Crippen molar-refractivity contribution in [1.29, 1.82) is 5.41 Å². The van der Waals surface area contributed by atoms with Crippen molar-refractivity contribution in [3.8, 4) is 0 Å². The van der Waals surface area contributed by atoms with E-state index in [1.807, 2.05) is 60.7 Å². The first-order chi connectivity index (χ1) is 9.25. The second-order valence-corrected chi connectivity index (χ2v) is 4.51. The second kappa shape index (κ2) is 8.41. The zero-order valence-corrected chi connectivity index (χ0v) is 12.4. The van der Waals surface area contributed by atoms with E-state index < -0.39 is 0 Å². The molecule has 2 rings (SSSR count). The maximum atomic E-state index is 7.82. The number of amidine groups is 1. The first kappa shape index (κ1) is 16.3. The lowest BCUT2D eigenvalue weighted by atomic mass is 10.2. The summed E-state index contributed by atoms with van der Waals surface area (Å²) in [6.07, 6.45) is 3.55. The molecule has 20 heavy (non-hydrogen) atoms. The van der Waals surface area contributed by atoms with Crippen LogP contribution in [0.3, 0.4) is 0 Å². The minimum atomic E-state index is 0. The predicted octanol–water partition coefficient (Wildman–Crippen LogP) is 4.54. The van der Waals surface area contributed by atoms with E-state index >= 15 is 0 Å². The highest BCUT2D eigenvalue weighted by Gasteiger charge is 1.95. The van der Waals surface area contributed by atoms with Crippen LogP contribution in [-0.4, -0.2) is 5.84 Å². The normalized spacial score (nSPS) is 10.1. The monoisotopic (exact) mass is 306 g/mol. The van der Waals surface area contributed by atoms with Crippen molar-refractivity contribution in [2.75, 3.05) is 0 Å². The van der Waals surface area contributed by atoms with Crippen molar-refractivity contribution in [2.24, 2.45) is 0 Å². The van der Waals surface area contributed by atoms with Crippen molar-refractivity contribution >= 4 is 35.9 Å². The van der Waals surface area contributed by atoms with E-state index in [9.17, 15) is 0 Å². The summed E-state index contributed by atoms with van der Waals surface area (Å²) in [5.74, 6) is 0.365. The molecule has 0 spiro atoms. The van der Waals surface area contributed by atoms with E-state index in [-0.39, 0.29) is 12.4 Å². The Hall–Kier alpha value is -1.77. The summed E-state index contributed by atoms with van der Waals surface area (Å²) in [5, 5.41) is 11.5. The highest BCUT2D eigenvalue weighted by Crippen LogP contribution is 2.16. The lowest BCUT2D eigenvalue weighted by Gasteiger charge is -2.04. The molecule has 0 bridgehead atoms. The molecule has 2 aromatic rings. The number of hydrogen-bond acceptors (Lipinski definition) is 1. The van der Waals surface area contributed by atoms with E-state index in [0.29, 0.717) is 17.4 Å². The topological polar surface area (TPSA) is 35.9 Å². The van der Waals surface area contributed by atoms with Crippen LogP contribution in [0.1, 0.15) is 11.1 Å². The maximum absolute atomic E-state index is 7.82. The Labute approximate surface area is 130 Å². The van der Waals surface area contributed by atoms with Crippen molar-refractivity contribution in [3.63, 3.8) is 0 Å². The van der Waals surface area contributed by atoms with E-state index in [0.717, 1.165) is 11.1 Å². The van der Waals surface area contributed by atoms with Crippen molar-refractivity contribution in [2.45, 2.75) is 6.54 Å². The molecule has 0 saturated carbocycles. The van der Waals surface area contributed by atoms with Crippen molar-refractivity contribution < 1.29 is 0 Å². The number of rotatable bonds is 4. The van der Waals surface area contributed by atoms with Crippen LogP contribution in [0.2, 0.25) is 5.02 Å². The smallest absolute Gasteiger partial charge is 0.118 e. The summed E-state index contributed by atoms with van der Waals surface area (Å²) in [6.45, 7) is 0.645. The molecule has 104 valence electrons. The van der Waals surface area contributed by atoms with Gasteiger partial charge in [0.2, 0.25) is 0 Å². The van der Waals surface area contributed by atoms with Gasteiger partial charge in [-0.3, -0.25) is 5.41 Å². The van der Waals surface area contributed by atoms with Crippen molar-refractivity contribution in [3.05, 3.63) is 76.8 Å². The fourth-order valence-electron chi connectivity index (χ4n) is 1.64. The molecule has 0 fully saturated rings. The van der Waals surface area contributed by atoms with Crippen LogP contribution in [0.5, 0.6) is 0 Å². The van der Waals surface area contributed by atoms with Gasteiger partial charge in [0.15, 0.2) is 0 Å². The minimum Gasteiger partial charge on any atom is -0.366 e. The molecule has 2 aromatic carbocycles. The Balaban J connectivity index is 0.00000200. The first-order valence-electron chi connectivity index (χ1n) is 6.04. The Kier molecular flexibility index (Phi) is 6.85. The average molecular weight is 307 g/mol. The fourth-order valence-corrected chi connectivity index (χ4v) is 1.83. The zero-order valence-electron chi connectivity index (χ0n) is 10.8. The molecule has 0 atom stereocenters. The third-order valence-corrected chi connectivity index (χ3v) is 3.00. The summed E-state index contributed by atoms with van der Waals surface area (Å²) in [4.78, 5) is 0. The van der Waals surface area contributed by atoms with Crippen LogP contribution in [0.15, 0.2) is 60.7 Å². The van der Waals surface area contributed by atoms with Gasteiger partial charge in [0.1, 0.15) is 5.84 Å². The molecule has 0 unspecified atom stereocenters. The number of hydrogen-bond donors (Lipinski definition) is 2. The first-order valence-corrected chi connectivity index (χ1v) is 6.42. The summed E-state index contributed by atoms with van der Waals surface area (Å²) < 4.78 is 0. The zero-order chi connectivity index (χ0) is 13.5. The quantitative estimate of drug-likeness (QED) is 0.631. The molecule has 0 aromatic heterocycles. The lowest BCUT2D eigenvalue weighted by molar-refractivity contribution is 0.912. The maximum Gasteiger partial charge on any atom is 0.118 e. The number of nitrogens with one attached hydrogen (secondary N) is 2. The Morgan fingerprint density at radius 3 is 2.40 bits per heavy atom. The lowest BCUT2D eigenvalue weighted by Crippen LogP contribution is -2.19. The van der Waals surface area contributed by atoms with Crippen LogP contribution >= 0.6 is 24.0 Å². The molecular formula is C16H16Cl2N2. The summed E-state index contributed by atoms with van der Waals surface area (Å²) in [5.41, 5.74) is 2.06. The van der Waals surface area contributed by atoms with Gasteiger partial charge in [-0.05, 0) is 29.3 Å². The SMILES string of the molecule is Cl.N=C(/C=C/c1ccccc1Cl)NCc1ccccc1. The van der Waals surface area contributed by atoms with E-state index in [4.69, 9.17) is 17.0 Å². The predicted molar refractivity (Wildman–Crippen MR) is 88.7 cm³/mol.